The summed E-state index contributed by atoms with van der Waals surface area (Å²) in [6.07, 6.45) is -3.34. The van der Waals surface area contributed by atoms with Crippen LogP contribution in [0, 0.1) is 0 Å². The Morgan fingerprint density at radius 2 is 1.25 bits per heavy atom. The second-order valence-corrected chi connectivity index (χ2v) is 9.23. The maximum atomic E-state index is 12.8. The summed E-state index contributed by atoms with van der Waals surface area (Å²) >= 11 is 0.981. The van der Waals surface area contributed by atoms with Gasteiger partial charge in [-0.05, 0) is 29.8 Å². The molecule has 1 N–H and O–H groups in total. The van der Waals surface area contributed by atoms with E-state index in [-0.39, 0.29) is 18.8 Å². The van der Waals surface area contributed by atoms with Gasteiger partial charge in [-0.1, -0.05) is 66.7 Å². The molecule has 0 radical (unpaired) electrons. The van der Waals surface area contributed by atoms with E-state index in [0.717, 1.165) is 17.3 Å². The molecule has 3 aromatic carbocycles. The number of hydrogen-bond donors (Lipinski definition) is 1. The van der Waals surface area contributed by atoms with Crippen LogP contribution in [-0.2, 0) is 25.6 Å². The van der Waals surface area contributed by atoms with Gasteiger partial charge in [-0.25, -0.2) is 14.4 Å². The number of benzene rings is 3. The van der Waals surface area contributed by atoms with Crippen LogP contribution in [0.15, 0.2) is 91.0 Å². The molecule has 4 rings (SSSR count). The molecule has 4 atom stereocenters. The van der Waals surface area contributed by atoms with E-state index < -0.39 is 41.0 Å². The second-order valence-electron chi connectivity index (χ2n) is 7.87. The molecular formula is C27H24O8S. The molecule has 0 bridgehead atoms. The minimum Gasteiger partial charge on any atom is -0.461 e. The van der Waals surface area contributed by atoms with Gasteiger partial charge in [0.1, 0.15) is 18.6 Å². The van der Waals surface area contributed by atoms with E-state index >= 15 is 0 Å². The van der Waals surface area contributed by atoms with Crippen molar-refractivity contribution in [1.82, 2.24) is 0 Å². The van der Waals surface area contributed by atoms with Gasteiger partial charge in [0, 0.05) is 0 Å². The van der Waals surface area contributed by atoms with Crippen molar-refractivity contribution in [3.8, 4) is 0 Å². The molecule has 0 aliphatic carbocycles. The minimum absolute atomic E-state index is 0.0256. The smallest absolute Gasteiger partial charge is 0.461 e. The summed E-state index contributed by atoms with van der Waals surface area (Å²) in [5.41, 5.74) is 0.169. The standard InChI is InChI=1S/C27H24O8S/c28-24(19-12-6-2-7-13-19)32-17-21-22(34-25(29)20-14-8-3-9-15-20)23(26(30)36-21)35-27(31)33-16-18-10-4-1-5-11-18/h1-15,21-23,26,30H,16-17H2/t21-,22-,23+,26?/m1/s1. The Hall–Kier alpha value is -3.82. The lowest BCUT2D eigenvalue weighted by Gasteiger charge is -2.24. The van der Waals surface area contributed by atoms with E-state index in [9.17, 15) is 19.5 Å². The zero-order valence-electron chi connectivity index (χ0n) is 19.1. The molecule has 186 valence electrons. The van der Waals surface area contributed by atoms with Gasteiger partial charge in [0.25, 0.3) is 0 Å². The first-order valence-corrected chi connectivity index (χ1v) is 12.1. The van der Waals surface area contributed by atoms with Gasteiger partial charge in [0.2, 0.25) is 0 Å². The van der Waals surface area contributed by atoms with Crippen molar-refractivity contribution in [2.75, 3.05) is 6.61 Å². The third-order valence-corrected chi connectivity index (χ3v) is 6.66. The van der Waals surface area contributed by atoms with Crippen LogP contribution >= 0.6 is 11.8 Å². The molecule has 1 aliphatic rings. The number of rotatable bonds is 8. The van der Waals surface area contributed by atoms with Crippen molar-refractivity contribution in [1.29, 1.82) is 0 Å². The molecule has 0 spiro atoms. The fraction of sp³-hybridized carbons (Fsp3) is 0.222. The third-order valence-electron chi connectivity index (χ3n) is 5.36. The Kier molecular flexibility index (Phi) is 8.59. The van der Waals surface area contributed by atoms with E-state index in [2.05, 4.69) is 0 Å². The first-order chi connectivity index (χ1) is 17.5. The Bertz CT molecular complexity index is 1160. The molecular weight excluding hydrogens is 484 g/mol. The van der Waals surface area contributed by atoms with Crippen molar-refractivity contribution < 1.29 is 38.4 Å². The molecule has 1 fully saturated rings. The van der Waals surface area contributed by atoms with Gasteiger partial charge in [-0.2, -0.15) is 0 Å². The molecule has 0 aromatic heterocycles. The van der Waals surface area contributed by atoms with Crippen molar-refractivity contribution in [3.63, 3.8) is 0 Å². The number of hydrogen-bond acceptors (Lipinski definition) is 9. The highest BCUT2D eigenvalue weighted by Gasteiger charge is 2.49. The average molecular weight is 509 g/mol. The zero-order valence-corrected chi connectivity index (χ0v) is 19.9. The van der Waals surface area contributed by atoms with Crippen LogP contribution < -0.4 is 0 Å². The lowest BCUT2D eigenvalue weighted by atomic mass is 10.1. The number of ether oxygens (including phenoxy) is 4. The molecule has 8 nitrogen and oxygen atoms in total. The van der Waals surface area contributed by atoms with Gasteiger partial charge in [-0.3, -0.25) is 0 Å². The molecule has 0 saturated carbocycles. The van der Waals surface area contributed by atoms with Crippen molar-refractivity contribution in [2.24, 2.45) is 0 Å². The van der Waals surface area contributed by atoms with Crippen LogP contribution in [-0.4, -0.2) is 52.7 Å². The van der Waals surface area contributed by atoms with E-state index in [4.69, 9.17) is 18.9 Å². The van der Waals surface area contributed by atoms with Crippen LogP contribution in [0.5, 0.6) is 0 Å². The van der Waals surface area contributed by atoms with Gasteiger partial charge in [0.05, 0.1) is 16.4 Å². The number of esters is 2. The van der Waals surface area contributed by atoms with Crippen LogP contribution in [0.4, 0.5) is 4.79 Å². The van der Waals surface area contributed by atoms with E-state index in [1.165, 1.54) is 0 Å². The summed E-state index contributed by atoms with van der Waals surface area (Å²) in [5, 5.41) is 9.94. The molecule has 1 unspecified atom stereocenters. The van der Waals surface area contributed by atoms with E-state index in [1.54, 1.807) is 72.8 Å². The summed E-state index contributed by atoms with van der Waals surface area (Å²) < 4.78 is 21.6. The fourth-order valence-corrected chi connectivity index (χ4v) is 4.79. The molecule has 1 saturated heterocycles. The molecule has 1 aliphatic heterocycles. The van der Waals surface area contributed by atoms with Gasteiger partial charge < -0.3 is 24.1 Å². The monoisotopic (exact) mass is 508 g/mol. The Labute approximate surface area is 212 Å². The Morgan fingerprint density at radius 1 is 0.694 bits per heavy atom. The van der Waals surface area contributed by atoms with Gasteiger partial charge in [-0.15, -0.1) is 11.8 Å². The highest BCUT2D eigenvalue weighted by molar-refractivity contribution is 8.00. The lowest BCUT2D eigenvalue weighted by molar-refractivity contribution is -0.0675. The molecule has 9 heteroatoms. The summed E-state index contributed by atoms with van der Waals surface area (Å²) in [4.78, 5) is 37.6. The minimum atomic E-state index is -1.23. The van der Waals surface area contributed by atoms with Crippen molar-refractivity contribution in [2.45, 2.75) is 29.5 Å². The predicted molar refractivity (Wildman–Crippen MR) is 131 cm³/mol. The molecule has 0 amide bonds. The van der Waals surface area contributed by atoms with E-state index in [0.29, 0.717) is 5.56 Å². The Morgan fingerprint density at radius 3 is 1.86 bits per heavy atom. The van der Waals surface area contributed by atoms with E-state index in [1.807, 2.05) is 18.2 Å². The zero-order chi connectivity index (χ0) is 25.3. The summed E-state index contributed by atoms with van der Waals surface area (Å²) in [6.45, 7) is -0.205. The first-order valence-electron chi connectivity index (χ1n) is 11.2. The SMILES string of the molecule is O=C(OCc1ccccc1)O[C@@H]1C(O)S[C@H](COC(=O)c2ccccc2)[C@H]1OC(=O)c1ccccc1. The summed E-state index contributed by atoms with van der Waals surface area (Å²) in [7, 11) is 0. The van der Waals surface area contributed by atoms with Gasteiger partial charge in [0.15, 0.2) is 12.2 Å². The van der Waals surface area contributed by atoms with Crippen LogP contribution in [0.3, 0.4) is 0 Å². The Balaban J connectivity index is 1.44. The normalized spacial score (nSPS) is 20.8. The van der Waals surface area contributed by atoms with Crippen molar-refractivity contribution in [3.05, 3.63) is 108 Å². The second kappa shape index (κ2) is 12.2. The summed E-state index contributed by atoms with van der Waals surface area (Å²) in [6, 6.07) is 25.7. The number of carbonyl (C=O) groups excluding carboxylic acids is 3. The van der Waals surface area contributed by atoms with Gasteiger partial charge >= 0.3 is 18.1 Å². The molecule has 1 heterocycles. The largest absolute Gasteiger partial charge is 0.509 e. The number of carbonyl (C=O) groups is 3. The predicted octanol–water partition coefficient (Wildman–Crippen LogP) is 4.22. The highest BCUT2D eigenvalue weighted by atomic mass is 32.2. The first kappa shape index (κ1) is 25.3. The van der Waals surface area contributed by atoms with Crippen LogP contribution in [0.2, 0.25) is 0 Å². The summed E-state index contributed by atoms with van der Waals surface area (Å²) in [5.74, 6) is -1.23. The van der Waals surface area contributed by atoms with Crippen LogP contribution in [0.25, 0.3) is 0 Å². The highest BCUT2D eigenvalue weighted by Crippen LogP contribution is 2.37. The topological polar surface area (TPSA) is 108 Å². The number of thioether (sulfide) groups is 1. The lowest BCUT2D eigenvalue weighted by Crippen LogP contribution is -2.42. The quantitative estimate of drug-likeness (QED) is 0.353. The third kappa shape index (κ3) is 6.65. The number of aliphatic hydroxyl groups is 1. The molecule has 36 heavy (non-hydrogen) atoms. The number of aliphatic hydroxyl groups excluding tert-OH is 1. The maximum Gasteiger partial charge on any atom is 0.509 e. The average Bonchev–Trinajstić information content (AvgIpc) is 3.21. The maximum absolute atomic E-state index is 12.8. The van der Waals surface area contributed by atoms with Crippen molar-refractivity contribution >= 4 is 29.9 Å². The molecule has 3 aromatic rings. The van der Waals surface area contributed by atoms with Crippen LogP contribution in [0.1, 0.15) is 26.3 Å². The fourth-order valence-electron chi connectivity index (χ4n) is 3.55.